The van der Waals surface area contributed by atoms with Crippen LogP contribution in [0.2, 0.25) is 0 Å². The number of fused-ring (bicyclic) bond motifs is 1. The molecule has 202 valence electrons. The maximum atomic E-state index is 13.3. The normalized spacial score (nSPS) is 22.1. The standard InChI is InChI=1S/C26H30N4O7S/c1-26(18-6-11-21-22(16-18)37-15-5-14-36-21)24(32)30(25(33)28-26)17-23(31)27-19-7-9-20(10-8-19)38(34,35)29-12-3-2-4-13-29/h6-11,16H,2-5,12-15,17H2,1H3,(H,27,31)(H,28,33)/t26-/m1/s1. The Labute approximate surface area is 221 Å². The Morgan fingerprint density at radius 3 is 2.37 bits per heavy atom. The van der Waals surface area contributed by atoms with Crippen molar-refractivity contribution >= 4 is 33.6 Å². The fraction of sp³-hybridized carbons (Fsp3) is 0.423. The molecule has 0 unspecified atom stereocenters. The summed E-state index contributed by atoms with van der Waals surface area (Å²) in [4.78, 5) is 39.7. The van der Waals surface area contributed by atoms with Gasteiger partial charge in [0.05, 0.1) is 18.1 Å². The van der Waals surface area contributed by atoms with E-state index in [0.717, 1.165) is 30.6 Å². The van der Waals surface area contributed by atoms with Gasteiger partial charge in [-0.25, -0.2) is 13.2 Å². The lowest BCUT2D eigenvalue weighted by Gasteiger charge is -2.25. The minimum Gasteiger partial charge on any atom is -0.490 e. The lowest BCUT2D eigenvalue weighted by Crippen LogP contribution is -2.42. The van der Waals surface area contributed by atoms with Crippen molar-refractivity contribution in [3.05, 3.63) is 48.0 Å². The van der Waals surface area contributed by atoms with Crippen molar-refractivity contribution in [3.8, 4) is 11.5 Å². The van der Waals surface area contributed by atoms with Gasteiger partial charge in [-0.15, -0.1) is 0 Å². The van der Waals surface area contributed by atoms with Crippen LogP contribution in [-0.4, -0.2) is 68.3 Å². The molecular weight excluding hydrogens is 512 g/mol. The van der Waals surface area contributed by atoms with Gasteiger partial charge in [0.15, 0.2) is 11.5 Å². The van der Waals surface area contributed by atoms with Crippen LogP contribution in [0.25, 0.3) is 0 Å². The predicted octanol–water partition coefficient (Wildman–Crippen LogP) is 2.43. The van der Waals surface area contributed by atoms with Crippen molar-refractivity contribution in [1.82, 2.24) is 14.5 Å². The van der Waals surface area contributed by atoms with Crippen LogP contribution < -0.4 is 20.1 Å². The first kappa shape index (κ1) is 26.0. The molecule has 3 aliphatic heterocycles. The number of nitrogens with one attached hydrogen (secondary N) is 2. The molecule has 0 bridgehead atoms. The second-order valence-corrected chi connectivity index (χ2v) is 11.6. The number of carbonyl (C=O) groups excluding carboxylic acids is 3. The Hall–Kier alpha value is -3.64. The molecule has 2 aromatic carbocycles. The van der Waals surface area contributed by atoms with E-state index in [2.05, 4.69) is 10.6 Å². The third-order valence-electron chi connectivity index (χ3n) is 6.99. The summed E-state index contributed by atoms with van der Waals surface area (Å²) in [5, 5.41) is 5.31. The highest BCUT2D eigenvalue weighted by atomic mass is 32.2. The molecule has 0 aromatic heterocycles. The van der Waals surface area contributed by atoms with Gasteiger partial charge in [0.1, 0.15) is 12.1 Å². The number of anilines is 1. The minimum atomic E-state index is -3.59. The van der Waals surface area contributed by atoms with E-state index in [1.54, 1.807) is 25.1 Å². The van der Waals surface area contributed by atoms with Crippen LogP contribution in [0.15, 0.2) is 47.4 Å². The first-order valence-corrected chi connectivity index (χ1v) is 14.1. The molecule has 1 atom stereocenters. The number of hydrogen-bond acceptors (Lipinski definition) is 7. The average Bonchev–Trinajstić information content (AvgIpc) is 3.07. The molecule has 38 heavy (non-hydrogen) atoms. The summed E-state index contributed by atoms with van der Waals surface area (Å²) < 4.78 is 38.5. The fourth-order valence-electron chi connectivity index (χ4n) is 4.82. The fourth-order valence-corrected chi connectivity index (χ4v) is 6.34. The van der Waals surface area contributed by atoms with E-state index in [4.69, 9.17) is 9.47 Å². The van der Waals surface area contributed by atoms with E-state index in [-0.39, 0.29) is 4.90 Å². The second kappa shape index (κ2) is 10.3. The van der Waals surface area contributed by atoms with Crippen molar-refractivity contribution < 1.29 is 32.3 Å². The maximum absolute atomic E-state index is 13.3. The summed E-state index contributed by atoms with van der Waals surface area (Å²) >= 11 is 0. The molecule has 0 radical (unpaired) electrons. The van der Waals surface area contributed by atoms with Crippen LogP contribution in [-0.2, 0) is 25.2 Å². The highest BCUT2D eigenvalue weighted by Crippen LogP contribution is 2.36. The van der Waals surface area contributed by atoms with Crippen LogP contribution in [0.5, 0.6) is 11.5 Å². The summed E-state index contributed by atoms with van der Waals surface area (Å²) in [5.41, 5.74) is -0.522. The number of nitrogens with zero attached hydrogens (tertiary/aromatic N) is 2. The lowest BCUT2D eigenvalue weighted by molar-refractivity contribution is -0.133. The zero-order chi connectivity index (χ0) is 26.9. The molecule has 0 aliphatic carbocycles. The van der Waals surface area contributed by atoms with Crippen molar-refractivity contribution in [2.75, 3.05) is 38.2 Å². The number of sulfonamides is 1. The Kier molecular flexibility index (Phi) is 7.01. The van der Waals surface area contributed by atoms with Crippen molar-refractivity contribution in [1.29, 1.82) is 0 Å². The first-order valence-electron chi connectivity index (χ1n) is 12.6. The van der Waals surface area contributed by atoms with Crippen LogP contribution in [0.4, 0.5) is 10.5 Å². The number of amides is 4. The van der Waals surface area contributed by atoms with Gasteiger partial charge >= 0.3 is 6.03 Å². The predicted molar refractivity (Wildman–Crippen MR) is 137 cm³/mol. The van der Waals surface area contributed by atoms with Crippen molar-refractivity contribution in [3.63, 3.8) is 0 Å². The summed E-state index contributed by atoms with van der Waals surface area (Å²) in [5.74, 6) is -0.110. The van der Waals surface area contributed by atoms with Gasteiger partial charge < -0.3 is 20.1 Å². The Morgan fingerprint density at radius 2 is 1.66 bits per heavy atom. The van der Waals surface area contributed by atoms with Gasteiger partial charge in [0.2, 0.25) is 15.9 Å². The highest BCUT2D eigenvalue weighted by Gasteiger charge is 2.49. The summed E-state index contributed by atoms with van der Waals surface area (Å²) in [6.45, 7) is 3.07. The number of hydrogen-bond donors (Lipinski definition) is 2. The SMILES string of the molecule is C[C@]1(c2ccc3c(c2)OCCCO3)NC(=O)N(CC(=O)Nc2ccc(S(=O)(=O)N3CCCCC3)cc2)C1=O. The molecule has 2 fully saturated rings. The molecular formula is C26H30N4O7S. The van der Waals surface area contributed by atoms with Crippen LogP contribution in [0, 0.1) is 0 Å². The van der Waals surface area contributed by atoms with Gasteiger partial charge in [-0.1, -0.05) is 12.5 Å². The molecule has 3 aliphatic rings. The number of benzene rings is 2. The van der Waals surface area contributed by atoms with Crippen LogP contribution in [0.3, 0.4) is 0 Å². The van der Waals surface area contributed by atoms with E-state index < -0.39 is 40.0 Å². The topological polar surface area (TPSA) is 134 Å². The van der Waals surface area contributed by atoms with Gasteiger partial charge in [0, 0.05) is 25.2 Å². The third-order valence-corrected chi connectivity index (χ3v) is 8.91. The molecule has 5 rings (SSSR count). The van der Waals surface area contributed by atoms with Crippen LogP contribution in [0.1, 0.15) is 38.2 Å². The largest absolute Gasteiger partial charge is 0.490 e. The number of imide groups is 1. The van der Waals surface area contributed by atoms with E-state index in [9.17, 15) is 22.8 Å². The van der Waals surface area contributed by atoms with Gasteiger partial charge in [-0.05, 0) is 61.7 Å². The minimum absolute atomic E-state index is 0.150. The quantitative estimate of drug-likeness (QED) is 0.536. The lowest BCUT2D eigenvalue weighted by atomic mass is 9.91. The van der Waals surface area contributed by atoms with E-state index in [0.29, 0.717) is 49.1 Å². The molecule has 2 aromatic rings. The monoisotopic (exact) mass is 542 g/mol. The van der Waals surface area contributed by atoms with Crippen molar-refractivity contribution in [2.24, 2.45) is 0 Å². The zero-order valence-corrected chi connectivity index (χ0v) is 21.9. The summed E-state index contributed by atoms with van der Waals surface area (Å²) in [7, 11) is -3.59. The van der Waals surface area contributed by atoms with E-state index in [1.165, 1.54) is 28.6 Å². The number of carbonyl (C=O) groups is 3. The number of ether oxygens (including phenoxy) is 2. The molecule has 0 saturated carbocycles. The maximum Gasteiger partial charge on any atom is 0.325 e. The summed E-state index contributed by atoms with van der Waals surface area (Å²) in [6, 6.07) is 10.2. The smallest absolute Gasteiger partial charge is 0.325 e. The molecule has 11 nitrogen and oxygen atoms in total. The molecule has 2 N–H and O–H groups in total. The third kappa shape index (κ3) is 4.93. The number of piperidine rings is 1. The van der Waals surface area contributed by atoms with Gasteiger partial charge in [-0.2, -0.15) is 4.31 Å². The molecule has 0 spiro atoms. The van der Waals surface area contributed by atoms with Gasteiger partial charge in [-0.3, -0.25) is 14.5 Å². The number of urea groups is 1. The molecule has 4 amide bonds. The first-order chi connectivity index (χ1) is 18.2. The highest BCUT2D eigenvalue weighted by molar-refractivity contribution is 7.89. The number of rotatable bonds is 6. The van der Waals surface area contributed by atoms with E-state index in [1.807, 2.05) is 0 Å². The Bertz CT molecular complexity index is 1360. The van der Waals surface area contributed by atoms with Gasteiger partial charge in [0.25, 0.3) is 5.91 Å². The second-order valence-electron chi connectivity index (χ2n) is 9.70. The van der Waals surface area contributed by atoms with E-state index >= 15 is 0 Å². The molecule has 2 saturated heterocycles. The molecule has 12 heteroatoms. The zero-order valence-electron chi connectivity index (χ0n) is 21.1. The average molecular weight is 543 g/mol. The Balaban J connectivity index is 1.25. The summed E-state index contributed by atoms with van der Waals surface area (Å²) in [6.07, 6.45) is 3.43. The molecule has 3 heterocycles. The van der Waals surface area contributed by atoms with Crippen molar-refractivity contribution in [2.45, 2.75) is 43.0 Å². The van der Waals surface area contributed by atoms with Crippen LogP contribution >= 0.6 is 0 Å². The Morgan fingerprint density at radius 1 is 0.974 bits per heavy atom.